The summed E-state index contributed by atoms with van der Waals surface area (Å²) in [5.41, 5.74) is 2.14. The standard InChI is InChI=1S/C19H17F2NO3S/c1-12(17(23)22-11-10-13-4-2-3-5-16(13)22)25-18(24)14-6-8-15(9-7-14)26-19(20)21/h2-9,12,19H,10-11H2,1H3. The summed E-state index contributed by atoms with van der Waals surface area (Å²) in [5.74, 6) is -3.46. The number of hydrogen-bond donors (Lipinski definition) is 0. The number of para-hydroxylation sites is 1. The van der Waals surface area contributed by atoms with Crippen molar-refractivity contribution in [1.82, 2.24) is 0 Å². The smallest absolute Gasteiger partial charge is 0.338 e. The highest BCUT2D eigenvalue weighted by atomic mass is 32.2. The molecule has 0 fully saturated rings. The number of halogens is 2. The number of esters is 1. The third-order valence-corrected chi connectivity index (χ3v) is 4.82. The Kier molecular flexibility index (Phi) is 5.56. The van der Waals surface area contributed by atoms with Crippen molar-refractivity contribution in [3.05, 3.63) is 59.7 Å². The maximum atomic E-state index is 12.6. The van der Waals surface area contributed by atoms with Gasteiger partial charge < -0.3 is 9.64 Å². The van der Waals surface area contributed by atoms with E-state index in [-0.39, 0.29) is 11.5 Å². The molecule has 4 nitrogen and oxygen atoms in total. The van der Waals surface area contributed by atoms with E-state index in [4.69, 9.17) is 4.74 Å². The molecule has 136 valence electrons. The SMILES string of the molecule is CC(OC(=O)c1ccc(SC(F)F)cc1)C(=O)N1CCc2ccccc21. The van der Waals surface area contributed by atoms with Gasteiger partial charge >= 0.3 is 5.97 Å². The fourth-order valence-electron chi connectivity index (χ4n) is 2.84. The molecule has 1 aliphatic rings. The van der Waals surface area contributed by atoms with Gasteiger partial charge in [0.2, 0.25) is 0 Å². The summed E-state index contributed by atoms with van der Waals surface area (Å²) >= 11 is 0.402. The van der Waals surface area contributed by atoms with Gasteiger partial charge in [0.1, 0.15) is 0 Å². The number of hydrogen-bond acceptors (Lipinski definition) is 4. The van der Waals surface area contributed by atoms with Crippen molar-refractivity contribution in [2.45, 2.75) is 30.1 Å². The van der Waals surface area contributed by atoms with Crippen molar-refractivity contribution >= 4 is 29.3 Å². The third kappa shape index (κ3) is 4.04. The molecule has 1 aliphatic heterocycles. The Morgan fingerprint density at radius 1 is 1.12 bits per heavy atom. The minimum Gasteiger partial charge on any atom is -0.449 e. The van der Waals surface area contributed by atoms with Crippen LogP contribution >= 0.6 is 11.8 Å². The van der Waals surface area contributed by atoms with Crippen molar-refractivity contribution in [3.63, 3.8) is 0 Å². The number of carbonyl (C=O) groups is 2. The Morgan fingerprint density at radius 3 is 2.50 bits per heavy atom. The molecule has 0 saturated heterocycles. The molecule has 1 unspecified atom stereocenters. The zero-order valence-corrected chi connectivity index (χ0v) is 14.8. The van der Waals surface area contributed by atoms with Gasteiger partial charge in [0.05, 0.1) is 5.56 Å². The lowest BCUT2D eigenvalue weighted by Gasteiger charge is -2.21. The number of benzene rings is 2. The Labute approximate surface area is 154 Å². The molecule has 0 aromatic heterocycles. The Hall–Kier alpha value is -2.41. The molecule has 0 radical (unpaired) electrons. The summed E-state index contributed by atoms with van der Waals surface area (Å²) in [4.78, 5) is 26.8. The summed E-state index contributed by atoms with van der Waals surface area (Å²) in [6.07, 6.45) is -0.171. The van der Waals surface area contributed by atoms with Crippen LogP contribution in [0.3, 0.4) is 0 Å². The van der Waals surface area contributed by atoms with Crippen molar-refractivity contribution in [2.24, 2.45) is 0 Å². The molecule has 1 heterocycles. The van der Waals surface area contributed by atoms with Crippen LogP contribution in [0.15, 0.2) is 53.4 Å². The predicted molar refractivity (Wildman–Crippen MR) is 95.7 cm³/mol. The molecule has 0 saturated carbocycles. The molecular formula is C19H17F2NO3S. The lowest BCUT2D eigenvalue weighted by atomic mass is 10.2. The van der Waals surface area contributed by atoms with Gasteiger partial charge in [-0.1, -0.05) is 30.0 Å². The van der Waals surface area contributed by atoms with Crippen LogP contribution in [0, 0.1) is 0 Å². The van der Waals surface area contributed by atoms with Gasteiger partial charge in [-0.3, -0.25) is 4.79 Å². The first-order valence-electron chi connectivity index (χ1n) is 8.11. The molecule has 7 heteroatoms. The monoisotopic (exact) mass is 377 g/mol. The Bertz CT molecular complexity index is 811. The summed E-state index contributed by atoms with van der Waals surface area (Å²) in [5, 5.41) is 0. The van der Waals surface area contributed by atoms with Crippen LogP contribution in [0.25, 0.3) is 0 Å². The molecule has 2 aromatic carbocycles. The van der Waals surface area contributed by atoms with Crippen LogP contribution in [0.5, 0.6) is 0 Å². The van der Waals surface area contributed by atoms with E-state index in [1.807, 2.05) is 24.3 Å². The highest BCUT2D eigenvalue weighted by molar-refractivity contribution is 7.99. The second-order valence-corrected chi connectivity index (χ2v) is 6.88. The van der Waals surface area contributed by atoms with E-state index in [2.05, 4.69) is 0 Å². The fourth-order valence-corrected chi connectivity index (χ4v) is 3.34. The van der Waals surface area contributed by atoms with Crippen LogP contribution in [-0.2, 0) is 16.0 Å². The molecule has 2 aromatic rings. The fraction of sp³-hybridized carbons (Fsp3) is 0.263. The van der Waals surface area contributed by atoms with E-state index in [0.717, 1.165) is 17.7 Å². The largest absolute Gasteiger partial charge is 0.449 e. The molecule has 0 bridgehead atoms. The minimum atomic E-state index is -2.52. The van der Waals surface area contributed by atoms with Crippen LogP contribution in [0.2, 0.25) is 0 Å². The number of rotatable bonds is 5. The van der Waals surface area contributed by atoms with Crippen molar-refractivity contribution in [1.29, 1.82) is 0 Å². The van der Waals surface area contributed by atoms with E-state index in [9.17, 15) is 18.4 Å². The van der Waals surface area contributed by atoms with Crippen molar-refractivity contribution in [2.75, 3.05) is 11.4 Å². The van der Waals surface area contributed by atoms with Gasteiger partial charge in [0.25, 0.3) is 11.7 Å². The van der Waals surface area contributed by atoms with Crippen LogP contribution in [-0.4, -0.2) is 30.3 Å². The van der Waals surface area contributed by atoms with Crippen LogP contribution in [0.1, 0.15) is 22.8 Å². The molecule has 0 spiro atoms. The average Bonchev–Trinajstić information content (AvgIpc) is 3.05. The van der Waals surface area contributed by atoms with Gasteiger partial charge in [0.15, 0.2) is 6.10 Å². The number of fused-ring (bicyclic) bond motifs is 1. The Balaban J connectivity index is 1.63. The molecule has 1 atom stereocenters. The van der Waals surface area contributed by atoms with Crippen LogP contribution in [0.4, 0.5) is 14.5 Å². The lowest BCUT2D eigenvalue weighted by Crippen LogP contribution is -2.39. The number of amides is 1. The van der Waals surface area contributed by atoms with E-state index >= 15 is 0 Å². The average molecular weight is 377 g/mol. The molecule has 1 amide bonds. The van der Waals surface area contributed by atoms with E-state index in [1.54, 1.807) is 4.90 Å². The molecule has 0 N–H and O–H groups in total. The second-order valence-electron chi connectivity index (χ2n) is 5.82. The van der Waals surface area contributed by atoms with Gasteiger partial charge in [-0.25, -0.2) is 4.79 Å². The quantitative estimate of drug-likeness (QED) is 0.581. The van der Waals surface area contributed by atoms with Gasteiger partial charge in [-0.05, 0) is 49.2 Å². The first-order chi connectivity index (χ1) is 12.5. The number of carbonyl (C=O) groups excluding carboxylic acids is 2. The number of anilines is 1. The van der Waals surface area contributed by atoms with E-state index in [0.29, 0.717) is 23.2 Å². The number of alkyl halides is 2. The zero-order valence-electron chi connectivity index (χ0n) is 14.0. The van der Waals surface area contributed by atoms with E-state index < -0.39 is 17.8 Å². The summed E-state index contributed by atoms with van der Waals surface area (Å²) in [6.45, 7) is 2.09. The normalized spacial score (nSPS) is 14.2. The van der Waals surface area contributed by atoms with Gasteiger partial charge in [0, 0.05) is 17.1 Å². The maximum absolute atomic E-state index is 12.6. The second kappa shape index (κ2) is 7.86. The van der Waals surface area contributed by atoms with Gasteiger partial charge in [-0.15, -0.1) is 0 Å². The van der Waals surface area contributed by atoms with Crippen molar-refractivity contribution < 1.29 is 23.1 Å². The van der Waals surface area contributed by atoms with Crippen LogP contribution < -0.4 is 4.90 Å². The Morgan fingerprint density at radius 2 is 1.81 bits per heavy atom. The molecular weight excluding hydrogens is 360 g/mol. The number of thioether (sulfide) groups is 1. The summed E-state index contributed by atoms with van der Waals surface area (Å²) < 4.78 is 29.9. The third-order valence-electron chi connectivity index (χ3n) is 4.10. The predicted octanol–water partition coefficient (Wildman–Crippen LogP) is 4.14. The summed E-state index contributed by atoms with van der Waals surface area (Å²) in [7, 11) is 0. The molecule has 26 heavy (non-hydrogen) atoms. The molecule has 0 aliphatic carbocycles. The zero-order chi connectivity index (χ0) is 18.7. The molecule has 3 rings (SSSR count). The first-order valence-corrected chi connectivity index (χ1v) is 8.99. The number of nitrogens with zero attached hydrogens (tertiary/aromatic N) is 1. The topological polar surface area (TPSA) is 46.6 Å². The lowest BCUT2D eigenvalue weighted by molar-refractivity contribution is -0.126. The van der Waals surface area contributed by atoms with Crippen molar-refractivity contribution in [3.8, 4) is 0 Å². The summed E-state index contributed by atoms with van der Waals surface area (Å²) in [6, 6.07) is 13.3. The number of ether oxygens (including phenoxy) is 1. The highest BCUT2D eigenvalue weighted by Gasteiger charge is 2.29. The highest BCUT2D eigenvalue weighted by Crippen LogP contribution is 2.28. The maximum Gasteiger partial charge on any atom is 0.338 e. The first kappa shape index (κ1) is 18.4. The van der Waals surface area contributed by atoms with E-state index in [1.165, 1.54) is 31.2 Å². The van der Waals surface area contributed by atoms with Gasteiger partial charge in [-0.2, -0.15) is 8.78 Å². The minimum absolute atomic E-state index is 0.213.